The van der Waals surface area contributed by atoms with Crippen LogP contribution in [0, 0.1) is 5.92 Å². The van der Waals surface area contributed by atoms with Gasteiger partial charge < -0.3 is 4.90 Å². The van der Waals surface area contributed by atoms with Gasteiger partial charge in [-0.15, -0.1) is 0 Å². The smallest absolute Gasteiger partial charge is 0.126 e. The molecule has 4 rings (SSSR count). The van der Waals surface area contributed by atoms with Crippen LogP contribution in [-0.2, 0) is 12.0 Å². The molecule has 0 amide bonds. The van der Waals surface area contributed by atoms with E-state index in [0.717, 1.165) is 36.6 Å². The summed E-state index contributed by atoms with van der Waals surface area (Å²) in [6.45, 7) is 11.8. The molecule has 0 radical (unpaired) electrons. The van der Waals surface area contributed by atoms with E-state index in [9.17, 15) is 0 Å². The molecule has 154 valence electrons. The molecule has 0 N–H and O–H groups in total. The molecule has 1 heterocycles. The zero-order valence-corrected chi connectivity index (χ0v) is 19.6. The highest BCUT2D eigenvalue weighted by atomic mass is 79.9. The third-order valence-corrected chi connectivity index (χ3v) is 6.72. The monoisotopic (exact) mass is 453 g/mol. The van der Waals surface area contributed by atoms with E-state index in [1.54, 1.807) is 0 Å². The van der Waals surface area contributed by atoms with Crippen LogP contribution in [0.15, 0.2) is 58.1 Å². The Balaban J connectivity index is 1.38. The normalized spacial score (nSPS) is 21.5. The topological polar surface area (TPSA) is 18.8 Å². The SMILES string of the molecule is CCN1CN(Cc2ccc(C(C)(C)C)cc2)N=C1CC1CC1c1ccc(Br)cc1. The number of halogens is 1. The van der Waals surface area contributed by atoms with E-state index in [1.165, 1.54) is 28.9 Å². The van der Waals surface area contributed by atoms with Crippen LogP contribution in [0.25, 0.3) is 0 Å². The van der Waals surface area contributed by atoms with Crippen LogP contribution in [-0.4, -0.2) is 29.0 Å². The van der Waals surface area contributed by atoms with E-state index in [1.807, 2.05) is 0 Å². The fraction of sp³-hybridized carbons (Fsp3) is 0.480. The Morgan fingerprint density at radius 1 is 1.03 bits per heavy atom. The molecule has 29 heavy (non-hydrogen) atoms. The lowest BCUT2D eigenvalue weighted by Crippen LogP contribution is -2.30. The molecule has 2 aliphatic rings. The van der Waals surface area contributed by atoms with Crippen molar-refractivity contribution in [2.75, 3.05) is 13.2 Å². The van der Waals surface area contributed by atoms with E-state index < -0.39 is 0 Å². The molecule has 2 atom stereocenters. The zero-order valence-electron chi connectivity index (χ0n) is 18.0. The van der Waals surface area contributed by atoms with Gasteiger partial charge in [0.2, 0.25) is 0 Å². The van der Waals surface area contributed by atoms with Crippen molar-refractivity contribution >= 4 is 21.8 Å². The molecule has 0 saturated heterocycles. The molecule has 0 aromatic heterocycles. The lowest BCUT2D eigenvalue weighted by molar-refractivity contribution is 0.231. The van der Waals surface area contributed by atoms with Gasteiger partial charge in [0.15, 0.2) is 0 Å². The van der Waals surface area contributed by atoms with Crippen LogP contribution in [0.1, 0.15) is 63.1 Å². The summed E-state index contributed by atoms with van der Waals surface area (Å²) >= 11 is 3.53. The van der Waals surface area contributed by atoms with Gasteiger partial charge in [0.1, 0.15) is 12.5 Å². The summed E-state index contributed by atoms with van der Waals surface area (Å²) in [5.74, 6) is 2.70. The second-order valence-electron chi connectivity index (χ2n) is 9.48. The largest absolute Gasteiger partial charge is 0.340 e. The second-order valence-corrected chi connectivity index (χ2v) is 10.4. The van der Waals surface area contributed by atoms with Crippen molar-refractivity contribution in [3.8, 4) is 0 Å². The van der Waals surface area contributed by atoms with Crippen LogP contribution < -0.4 is 0 Å². The van der Waals surface area contributed by atoms with Crippen LogP contribution in [0.4, 0.5) is 0 Å². The molecule has 2 unspecified atom stereocenters. The van der Waals surface area contributed by atoms with Crippen molar-refractivity contribution in [1.82, 2.24) is 9.91 Å². The number of amidine groups is 1. The van der Waals surface area contributed by atoms with E-state index in [2.05, 4.69) is 102 Å². The molecule has 1 aliphatic heterocycles. The van der Waals surface area contributed by atoms with Crippen LogP contribution in [0.2, 0.25) is 0 Å². The molecule has 0 spiro atoms. The highest BCUT2D eigenvalue weighted by Crippen LogP contribution is 2.50. The molecule has 4 heteroatoms. The Hall–Kier alpha value is -1.81. The predicted molar refractivity (Wildman–Crippen MR) is 125 cm³/mol. The Bertz CT molecular complexity index is 864. The van der Waals surface area contributed by atoms with E-state index in [0.29, 0.717) is 5.92 Å². The Kier molecular flexibility index (Phi) is 5.74. The summed E-state index contributed by atoms with van der Waals surface area (Å²) in [7, 11) is 0. The maximum absolute atomic E-state index is 5.00. The average molecular weight is 454 g/mol. The highest BCUT2D eigenvalue weighted by Gasteiger charge is 2.40. The molecule has 1 aliphatic carbocycles. The molecular weight excluding hydrogens is 422 g/mol. The summed E-state index contributed by atoms with van der Waals surface area (Å²) in [4.78, 5) is 2.43. The second kappa shape index (κ2) is 8.14. The minimum atomic E-state index is 0.201. The van der Waals surface area contributed by atoms with Gasteiger partial charge in [-0.2, -0.15) is 5.10 Å². The van der Waals surface area contributed by atoms with Gasteiger partial charge in [-0.3, -0.25) is 5.01 Å². The maximum Gasteiger partial charge on any atom is 0.126 e. The Labute approximate surface area is 183 Å². The lowest BCUT2D eigenvalue weighted by Gasteiger charge is -2.21. The molecular formula is C25H32BrN3. The van der Waals surface area contributed by atoms with Gasteiger partial charge in [0, 0.05) is 17.4 Å². The number of nitrogens with zero attached hydrogens (tertiary/aromatic N) is 3. The molecule has 3 nitrogen and oxygen atoms in total. The van der Waals surface area contributed by atoms with Crippen molar-refractivity contribution in [2.45, 2.75) is 58.4 Å². The number of benzene rings is 2. The number of rotatable bonds is 6. The summed E-state index contributed by atoms with van der Waals surface area (Å²) < 4.78 is 1.15. The quantitative estimate of drug-likeness (QED) is 0.507. The first-order chi connectivity index (χ1) is 13.8. The summed E-state index contributed by atoms with van der Waals surface area (Å²) in [6, 6.07) is 17.9. The first kappa shape index (κ1) is 20.5. The summed E-state index contributed by atoms with van der Waals surface area (Å²) in [5.41, 5.74) is 4.38. The first-order valence-electron chi connectivity index (χ1n) is 10.8. The van der Waals surface area contributed by atoms with Gasteiger partial charge in [0.25, 0.3) is 0 Å². The van der Waals surface area contributed by atoms with Crippen LogP contribution in [0.3, 0.4) is 0 Å². The molecule has 0 bridgehead atoms. The van der Waals surface area contributed by atoms with Crippen LogP contribution in [0.5, 0.6) is 0 Å². The van der Waals surface area contributed by atoms with Gasteiger partial charge in [-0.25, -0.2) is 0 Å². The minimum Gasteiger partial charge on any atom is -0.340 e. The van der Waals surface area contributed by atoms with Gasteiger partial charge >= 0.3 is 0 Å². The van der Waals surface area contributed by atoms with E-state index >= 15 is 0 Å². The van der Waals surface area contributed by atoms with E-state index in [-0.39, 0.29) is 5.41 Å². The fourth-order valence-corrected chi connectivity index (χ4v) is 4.49. The van der Waals surface area contributed by atoms with Crippen LogP contribution >= 0.6 is 15.9 Å². The number of hydrogen-bond donors (Lipinski definition) is 0. The zero-order chi connectivity index (χ0) is 20.6. The molecule has 2 aromatic carbocycles. The van der Waals surface area contributed by atoms with Crippen molar-refractivity contribution < 1.29 is 0 Å². The third kappa shape index (κ3) is 4.85. The van der Waals surface area contributed by atoms with Gasteiger partial charge in [-0.05, 0) is 59.4 Å². The summed E-state index contributed by atoms with van der Waals surface area (Å²) in [6.07, 6.45) is 2.38. The summed E-state index contributed by atoms with van der Waals surface area (Å²) in [5, 5.41) is 7.22. The standard InChI is InChI=1S/C25H32BrN3/c1-5-28-17-29(16-18-6-10-21(11-7-18)25(2,3)4)27-24(28)15-20-14-23(20)19-8-12-22(26)13-9-19/h6-13,20,23H,5,14-17H2,1-4H3. The minimum absolute atomic E-state index is 0.201. The van der Waals surface area contributed by atoms with Crippen molar-refractivity contribution in [3.05, 3.63) is 69.7 Å². The fourth-order valence-electron chi connectivity index (χ4n) is 4.22. The van der Waals surface area contributed by atoms with Crippen molar-refractivity contribution in [1.29, 1.82) is 0 Å². The van der Waals surface area contributed by atoms with Gasteiger partial charge in [0.05, 0.1) is 6.54 Å². The Morgan fingerprint density at radius 3 is 2.34 bits per heavy atom. The van der Waals surface area contributed by atoms with Gasteiger partial charge in [-0.1, -0.05) is 73.1 Å². The molecule has 2 aromatic rings. The molecule has 1 saturated carbocycles. The maximum atomic E-state index is 5.00. The Morgan fingerprint density at radius 2 is 1.72 bits per heavy atom. The third-order valence-electron chi connectivity index (χ3n) is 6.19. The number of hydrogen-bond acceptors (Lipinski definition) is 3. The first-order valence-corrected chi connectivity index (χ1v) is 11.5. The molecule has 1 fully saturated rings. The average Bonchev–Trinajstić information content (AvgIpc) is 3.34. The number of hydrazone groups is 1. The highest BCUT2D eigenvalue weighted by molar-refractivity contribution is 9.10. The van der Waals surface area contributed by atoms with Crippen molar-refractivity contribution in [3.63, 3.8) is 0 Å². The van der Waals surface area contributed by atoms with E-state index in [4.69, 9.17) is 5.10 Å². The van der Waals surface area contributed by atoms with Crippen molar-refractivity contribution in [2.24, 2.45) is 11.0 Å². The lowest BCUT2D eigenvalue weighted by atomic mass is 9.87. The predicted octanol–water partition coefficient (Wildman–Crippen LogP) is 6.35.